The second kappa shape index (κ2) is 4.87. The van der Waals surface area contributed by atoms with Gasteiger partial charge < -0.3 is 9.84 Å². The molecule has 0 aliphatic rings. The lowest BCUT2D eigenvalue weighted by atomic mass is 10.1. The van der Waals surface area contributed by atoms with Crippen LogP contribution in [-0.2, 0) is 4.79 Å². The molecular formula is C12H13N3O3. The van der Waals surface area contributed by atoms with Crippen molar-refractivity contribution in [2.45, 2.75) is 13.0 Å². The fourth-order valence-electron chi connectivity index (χ4n) is 1.62. The van der Waals surface area contributed by atoms with Crippen molar-refractivity contribution in [1.82, 2.24) is 15.0 Å². The Kier molecular flexibility index (Phi) is 3.27. The van der Waals surface area contributed by atoms with Crippen LogP contribution in [0.4, 0.5) is 0 Å². The zero-order valence-corrected chi connectivity index (χ0v) is 10.1. The summed E-state index contributed by atoms with van der Waals surface area (Å²) < 4.78 is 6.51. The highest BCUT2D eigenvalue weighted by atomic mass is 16.5. The fourth-order valence-corrected chi connectivity index (χ4v) is 1.62. The van der Waals surface area contributed by atoms with Gasteiger partial charge in [0, 0.05) is 5.56 Å². The third-order valence-corrected chi connectivity index (χ3v) is 2.66. The highest BCUT2D eigenvalue weighted by Crippen LogP contribution is 2.24. The van der Waals surface area contributed by atoms with E-state index in [-0.39, 0.29) is 0 Å². The van der Waals surface area contributed by atoms with Crippen molar-refractivity contribution in [2.75, 3.05) is 7.11 Å². The summed E-state index contributed by atoms with van der Waals surface area (Å²) in [4.78, 5) is 11.0. The van der Waals surface area contributed by atoms with Crippen molar-refractivity contribution in [1.29, 1.82) is 0 Å². The number of hydrogen-bond donors (Lipinski definition) is 1. The maximum atomic E-state index is 11.0. The molecule has 1 aromatic heterocycles. The molecule has 1 N–H and O–H groups in total. The maximum Gasteiger partial charge on any atom is 0.328 e. The first-order valence-electron chi connectivity index (χ1n) is 5.41. The number of aliphatic carboxylic acids is 1. The van der Waals surface area contributed by atoms with Crippen LogP contribution in [-0.4, -0.2) is 33.2 Å². The summed E-state index contributed by atoms with van der Waals surface area (Å²) >= 11 is 0. The average Bonchev–Trinajstić information content (AvgIpc) is 2.86. The molecule has 94 valence electrons. The SMILES string of the molecule is COc1cccc(-c2cnnn2C(C)C(=O)O)c1. The van der Waals surface area contributed by atoms with Gasteiger partial charge in [0.25, 0.3) is 0 Å². The van der Waals surface area contributed by atoms with Crippen molar-refractivity contribution >= 4 is 5.97 Å². The summed E-state index contributed by atoms with van der Waals surface area (Å²) in [5.41, 5.74) is 1.45. The Morgan fingerprint density at radius 1 is 1.50 bits per heavy atom. The van der Waals surface area contributed by atoms with Gasteiger partial charge in [-0.1, -0.05) is 17.3 Å². The van der Waals surface area contributed by atoms with Crippen molar-refractivity contribution in [2.24, 2.45) is 0 Å². The summed E-state index contributed by atoms with van der Waals surface area (Å²) in [6, 6.07) is 6.54. The van der Waals surface area contributed by atoms with Gasteiger partial charge in [0.1, 0.15) is 11.8 Å². The van der Waals surface area contributed by atoms with Gasteiger partial charge in [-0.05, 0) is 19.1 Å². The van der Waals surface area contributed by atoms with Gasteiger partial charge in [0.2, 0.25) is 0 Å². The Labute approximate surface area is 104 Å². The van der Waals surface area contributed by atoms with Gasteiger partial charge in [0.15, 0.2) is 0 Å². The Hall–Kier alpha value is -2.37. The lowest BCUT2D eigenvalue weighted by Crippen LogP contribution is -2.17. The van der Waals surface area contributed by atoms with E-state index in [9.17, 15) is 4.79 Å². The van der Waals surface area contributed by atoms with Crippen LogP contribution in [0.25, 0.3) is 11.3 Å². The summed E-state index contributed by atoms with van der Waals surface area (Å²) in [6.07, 6.45) is 1.54. The van der Waals surface area contributed by atoms with E-state index in [1.807, 2.05) is 24.3 Å². The molecule has 18 heavy (non-hydrogen) atoms. The zero-order valence-electron chi connectivity index (χ0n) is 10.1. The van der Waals surface area contributed by atoms with Crippen LogP contribution in [0.1, 0.15) is 13.0 Å². The normalized spacial score (nSPS) is 12.1. The van der Waals surface area contributed by atoms with E-state index in [4.69, 9.17) is 9.84 Å². The van der Waals surface area contributed by atoms with E-state index in [0.29, 0.717) is 11.4 Å². The molecule has 0 fully saturated rings. The molecule has 0 aliphatic carbocycles. The van der Waals surface area contributed by atoms with Crippen molar-refractivity contribution < 1.29 is 14.6 Å². The minimum absolute atomic E-state index is 0.642. The minimum atomic E-state index is -0.954. The molecule has 1 heterocycles. The second-order valence-corrected chi connectivity index (χ2v) is 3.81. The Bertz CT molecular complexity index is 565. The van der Waals surface area contributed by atoms with E-state index in [1.54, 1.807) is 14.0 Å². The molecule has 6 nitrogen and oxygen atoms in total. The van der Waals surface area contributed by atoms with Crippen LogP contribution < -0.4 is 4.74 Å². The highest BCUT2D eigenvalue weighted by molar-refractivity contribution is 5.73. The van der Waals surface area contributed by atoms with Gasteiger partial charge >= 0.3 is 5.97 Å². The van der Waals surface area contributed by atoms with Crippen molar-refractivity contribution in [3.05, 3.63) is 30.5 Å². The van der Waals surface area contributed by atoms with E-state index in [1.165, 1.54) is 10.9 Å². The van der Waals surface area contributed by atoms with E-state index >= 15 is 0 Å². The number of benzene rings is 1. The molecule has 0 spiro atoms. The number of ether oxygens (including phenoxy) is 1. The number of rotatable bonds is 4. The van der Waals surface area contributed by atoms with E-state index in [0.717, 1.165) is 5.56 Å². The zero-order chi connectivity index (χ0) is 13.1. The van der Waals surface area contributed by atoms with Crippen LogP contribution in [0.2, 0.25) is 0 Å². The number of methoxy groups -OCH3 is 1. The molecule has 1 unspecified atom stereocenters. The summed E-state index contributed by atoms with van der Waals surface area (Å²) in [5, 5.41) is 16.6. The van der Waals surface area contributed by atoms with E-state index in [2.05, 4.69) is 10.3 Å². The molecule has 0 amide bonds. The van der Waals surface area contributed by atoms with Gasteiger partial charge in [-0.25, -0.2) is 9.48 Å². The smallest absolute Gasteiger partial charge is 0.328 e. The van der Waals surface area contributed by atoms with E-state index < -0.39 is 12.0 Å². The Morgan fingerprint density at radius 2 is 2.28 bits per heavy atom. The quantitative estimate of drug-likeness (QED) is 0.887. The van der Waals surface area contributed by atoms with Gasteiger partial charge in [-0.15, -0.1) is 5.10 Å². The van der Waals surface area contributed by atoms with Crippen molar-refractivity contribution in [3.8, 4) is 17.0 Å². The lowest BCUT2D eigenvalue weighted by Gasteiger charge is -2.10. The van der Waals surface area contributed by atoms with Crippen LogP contribution in [0.15, 0.2) is 30.5 Å². The van der Waals surface area contributed by atoms with Gasteiger partial charge in [0.05, 0.1) is 19.0 Å². The number of carbonyl (C=O) groups is 1. The van der Waals surface area contributed by atoms with Crippen LogP contribution in [0.3, 0.4) is 0 Å². The molecule has 0 radical (unpaired) electrons. The molecule has 1 atom stereocenters. The Morgan fingerprint density at radius 3 is 2.94 bits per heavy atom. The van der Waals surface area contributed by atoms with Crippen LogP contribution in [0.5, 0.6) is 5.75 Å². The topological polar surface area (TPSA) is 77.2 Å². The molecular weight excluding hydrogens is 234 g/mol. The molecule has 1 aromatic carbocycles. The predicted octanol–water partition coefficient (Wildman–Crippen LogP) is 1.60. The number of hydrogen-bond acceptors (Lipinski definition) is 4. The Balaban J connectivity index is 2.45. The highest BCUT2D eigenvalue weighted by Gasteiger charge is 2.18. The van der Waals surface area contributed by atoms with Crippen molar-refractivity contribution in [3.63, 3.8) is 0 Å². The third-order valence-electron chi connectivity index (χ3n) is 2.66. The summed E-state index contributed by atoms with van der Waals surface area (Å²) in [7, 11) is 1.58. The van der Waals surface area contributed by atoms with Gasteiger partial charge in [-0.2, -0.15) is 0 Å². The number of carboxylic acids is 1. The first-order valence-corrected chi connectivity index (χ1v) is 5.41. The summed E-state index contributed by atoms with van der Waals surface area (Å²) in [5.74, 6) is -0.257. The first kappa shape index (κ1) is 12.1. The largest absolute Gasteiger partial charge is 0.497 e. The number of nitrogens with zero attached hydrogens (tertiary/aromatic N) is 3. The molecule has 0 aliphatic heterocycles. The molecule has 0 bridgehead atoms. The molecule has 2 aromatic rings. The number of carboxylic acid groups (broad SMARTS) is 1. The molecule has 2 rings (SSSR count). The van der Waals surface area contributed by atoms with Crippen LogP contribution >= 0.6 is 0 Å². The fraction of sp³-hybridized carbons (Fsp3) is 0.250. The first-order chi connectivity index (χ1) is 8.63. The third kappa shape index (κ3) is 2.17. The average molecular weight is 247 g/mol. The standard InChI is InChI=1S/C12H13N3O3/c1-8(12(16)17)15-11(7-13-14-15)9-4-3-5-10(6-9)18-2/h3-8H,1-2H3,(H,16,17). The lowest BCUT2D eigenvalue weighted by molar-refractivity contribution is -0.140. The van der Waals surface area contributed by atoms with Gasteiger partial charge in [-0.3, -0.25) is 0 Å². The second-order valence-electron chi connectivity index (χ2n) is 3.81. The number of aromatic nitrogens is 3. The minimum Gasteiger partial charge on any atom is -0.497 e. The predicted molar refractivity (Wildman–Crippen MR) is 64.4 cm³/mol. The molecule has 0 saturated carbocycles. The molecule has 6 heteroatoms. The monoisotopic (exact) mass is 247 g/mol. The maximum absolute atomic E-state index is 11.0. The molecule has 0 saturated heterocycles. The summed E-state index contributed by atoms with van der Waals surface area (Å²) in [6.45, 7) is 1.56. The van der Waals surface area contributed by atoms with Crippen LogP contribution in [0, 0.1) is 0 Å².